The largest absolute Gasteiger partial charge is 0.291 e. The molecule has 0 aliphatic carbocycles. The normalized spacial score (nSPS) is 12.8. The van der Waals surface area contributed by atoms with Gasteiger partial charge in [0.05, 0.1) is 16.3 Å². The van der Waals surface area contributed by atoms with Crippen LogP contribution in [0.4, 0.5) is 0 Å². The molecule has 0 unspecified atom stereocenters. The molecule has 0 aliphatic heterocycles. The van der Waals surface area contributed by atoms with E-state index in [4.69, 9.17) is 0 Å². The Bertz CT molecular complexity index is 577. The van der Waals surface area contributed by atoms with Gasteiger partial charge in [-0.25, -0.2) is 0 Å². The molecule has 0 amide bonds. The van der Waals surface area contributed by atoms with Crippen molar-refractivity contribution in [1.82, 2.24) is 0 Å². The van der Waals surface area contributed by atoms with Crippen molar-refractivity contribution in [2.45, 2.75) is 71.1 Å². The van der Waals surface area contributed by atoms with Crippen molar-refractivity contribution in [1.29, 1.82) is 0 Å². The van der Waals surface area contributed by atoms with Crippen molar-refractivity contribution >= 4 is 6.29 Å². The first kappa shape index (κ1) is 24.4. The first-order valence-corrected chi connectivity index (χ1v) is 9.34. The zero-order chi connectivity index (χ0) is 20.3. The Hall–Kier alpha value is -2.57. The first-order chi connectivity index (χ1) is 13.0. The predicted molar refractivity (Wildman–Crippen MR) is 106 cm³/mol. The van der Waals surface area contributed by atoms with Crippen molar-refractivity contribution in [2.24, 2.45) is 0 Å². The van der Waals surface area contributed by atoms with Crippen LogP contribution in [-0.4, -0.2) is 16.1 Å². The van der Waals surface area contributed by atoms with Crippen molar-refractivity contribution in [3.05, 3.63) is 68.1 Å². The van der Waals surface area contributed by atoms with Gasteiger partial charge in [-0.2, -0.15) is 0 Å². The smallest absolute Gasteiger partial charge is 0.246 e. The van der Waals surface area contributed by atoms with E-state index in [1.54, 1.807) is 13.0 Å². The Morgan fingerprint density at radius 3 is 2.11 bits per heavy atom. The van der Waals surface area contributed by atoms with E-state index in [2.05, 4.69) is 6.08 Å². The van der Waals surface area contributed by atoms with E-state index < -0.39 is 9.85 Å². The molecule has 0 aromatic carbocycles. The van der Waals surface area contributed by atoms with Crippen LogP contribution < -0.4 is 0 Å². The van der Waals surface area contributed by atoms with E-state index in [1.807, 2.05) is 18.4 Å². The molecule has 0 heterocycles. The molecule has 0 aromatic rings. The molecule has 149 valence electrons. The third kappa shape index (κ3) is 14.3. The van der Waals surface area contributed by atoms with Crippen molar-refractivity contribution in [3.8, 4) is 0 Å². The Kier molecular flexibility index (Phi) is 15.3. The van der Waals surface area contributed by atoms with Crippen LogP contribution in [-0.2, 0) is 4.79 Å². The number of hydrogen-bond donors (Lipinski definition) is 0. The summed E-state index contributed by atoms with van der Waals surface area (Å²) in [6.07, 6.45) is 19.5. The fourth-order valence-corrected chi connectivity index (χ4v) is 2.32. The van der Waals surface area contributed by atoms with Gasteiger partial charge in [0.15, 0.2) is 6.29 Å². The molecule has 0 fully saturated rings. The van der Waals surface area contributed by atoms with E-state index in [-0.39, 0.29) is 30.7 Å². The summed E-state index contributed by atoms with van der Waals surface area (Å²) >= 11 is 0. The summed E-state index contributed by atoms with van der Waals surface area (Å²) in [7, 11) is 0. The fourth-order valence-electron chi connectivity index (χ4n) is 2.32. The highest BCUT2D eigenvalue weighted by molar-refractivity contribution is 5.50. The van der Waals surface area contributed by atoms with Crippen LogP contribution in [0, 0.1) is 20.2 Å². The van der Waals surface area contributed by atoms with E-state index >= 15 is 0 Å². The predicted octanol–water partition coefficient (Wildman–Crippen LogP) is 5.45. The minimum Gasteiger partial charge on any atom is -0.291 e. The third-order valence-corrected chi connectivity index (χ3v) is 3.87. The second kappa shape index (κ2) is 16.9. The van der Waals surface area contributed by atoms with E-state index in [9.17, 15) is 25.0 Å². The maximum atomic E-state index is 11.0. The molecule has 0 saturated heterocycles. The van der Waals surface area contributed by atoms with Crippen LogP contribution >= 0.6 is 0 Å². The maximum Gasteiger partial charge on any atom is 0.246 e. The van der Waals surface area contributed by atoms with Crippen LogP contribution in [0.5, 0.6) is 0 Å². The van der Waals surface area contributed by atoms with Gasteiger partial charge in [-0.1, -0.05) is 44.1 Å². The van der Waals surface area contributed by atoms with Crippen LogP contribution in [0.1, 0.15) is 71.1 Å². The standard InChI is InChI=1S/C20H29N2O5/c1-2-19(21(24)25)16-14-17-20(22(26)27)15-12-10-8-6-4-3-5-7-9-11-13-18-23/h4,6,10,12,16-17H,2-3,5,7-9,11,13-15H2,1H3. The lowest BCUT2D eigenvalue weighted by Gasteiger charge is -1.95. The molecule has 0 saturated carbocycles. The summed E-state index contributed by atoms with van der Waals surface area (Å²) in [5.74, 6) is 0. The van der Waals surface area contributed by atoms with E-state index in [1.165, 1.54) is 12.2 Å². The summed E-state index contributed by atoms with van der Waals surface area (Å²) in [5.41, 5.74) is 0.106. The van der Waals surface area contributed by atoms with E-state index in [0.29, 0.717) is 12.8 Å². The van der Waals surface area contributed by atoms with Crippen molar-refractivity contribution < 1.29 is 14.6 Å². The second-order valence-electron chi connectivity index (χ2n) is 5.97. The summed E-state index contributed by atoms with van der Waals surface area (Å²) in [6.45, 7) is 1.68. The highest BCUT2D eigenvalue weighted by Crippen LogP contribution is 2.09. The Balaban J connectivity index is 4.15. The molecule has 0 N–H and O–H groups in total. The molecular weight excluding hydrogens is 348 g/mol. The number of hydrogen-bond acceptors (Lipinski definition) is 5. The van der Waals surface area contributed by atoms with Gasteiger partial charge in [0.1, 0.15) is 0 Å². The molecule has 1 radical (unpaired) electrons. The summed E-state index contributed by atoms with van der Waals surface area (Å²) in [6, 6.07) is 0. The highest BCUT2D eigenvalue weighted by Gasteiger charge is 2.09. The Morgan fingerprint density at radius 1 is 0.852 bits per heavy atom. The maximum absolute atomic E-state index is 11.0. The quantitative estimate of drug-likeness (QED) is 0.154. The lowest BCUT2D eigenvalue weighted by atomic mass is 10.1. The SMILES string of the molecule is CCC(=CCC=C(CC=CCC=CCCCCCC[C]=O)[N+](=O)[O-])[N+](=O)[O-]. The minimum absolute atomic E-state index is 0.0397. The van der Waals surface area contributed by atoms with Gasteiger partial charge in [0.25, 0.3) is 0 Å². The van der Waals surface area contributed by atoms with Crippen molar-refractivity contribution in [2.75, 3.05) is 0 Å². The highest BCUT2D eigenvalue weighted by atomic mass is 16.6. The molecular formula is C20H29N2O5. The molecule has 0 atom stereocenters. The Morgan fingerprint density at radius 2 is 1.48 bits per heavy atom. The molecule has 0 bridgehead atoms. The van der Waals surface area contributed by atoms with Gasteiger partial charge in [-0.05, 0) is 44.3 Å². The van der Waals surface area contributed by atoms with Gasteiger partial charge in [0, 0.05) is 12.8 Å². The summed E-state index contributed by atoms with van der Waals surface area (Å²) < 4.78 is 0. The zero-order valence-electron chi connectivity index (χ0n) is 16.0. The van der Waals surface area contributed by atoms with Crippen LogP contribution in [0.3, 0.4) is 0 Å². The van der Waals surface area contributed by atoms with Gasteiger partial charge in [0.2, 0.25) is 11.4 Å². The average molecular weight is 377 g/mol. The number of nitro groups is 2. The van der Waals surface area contributed by atoms with Crippen LogP contribution in [0.15, 0.2) is 47.9 Å². The minimum atomic E-state index is -0.463. The summed E-state index contributed by atoms with van der Waals surface area (Å²) in [4.78, 5) is 30.9. The monoisotopic (exact) mass is 377 g/mol. The molecule has 7 nitrogen and oxygen atoms in total. The number of rotatable bonds is 16. The molecule has 27 heavy (non-hydrogen) atoms. The topological polar surface area (TPSA) is 103 Å². The summed E-state index contributed by atoms with van der Waals surface area (Å²) in [5, 5.41) is 21.7. The van der Waals surface area contributed by atoms with Gasteiger partial charge >= 0.3 is 0 Å². The van der Waals surface area contributed by atoms with Crippen LogP contribution in [0.2, 0.25) is 0 Å². The fraction of sp³-hybridized carbons (Fsp3) is 0.550. The van der Waals surface area contributed by atoms with Gasteiger partial charge < -0.3 is 0 Å². The third-order valence-electron chi connectivity index (χ3n) is 3.87. The van der Waals surface area contributed by atoms with Crippen LogP contribution in [0.25, 0.3) is 0 Å². The number of unbranched alkanes of at least 4 members (excludes halogenated alkanes) is 5. The number of allylic oxidation sites excluding steroid dienone is 7. The first-order valence-electron chi connectivity index (χ1n) is 9.34. The Labute approximate surface area is 160 Å². The molecule has 0 rings (SSSR count). The molecule has 0 aliphatic rings. The van der Waals surface area contributed by atoms with Gasteiger partial charge in [-0.3, -0.25) is 25.0 Å². The molecule has 0 spiro atoms. The zero-order valence-corrected chi connectivity index (χ0v) is 16.0. The van der Waals surface area contributed by atoms with Gasteiger partial charge in [-0.15, -0.1) is 0 Å². The average Bonchev–Trinajstić information content (AvgIpc) is 2.63. The number of carbonyl (C=O) groups excluding carboxylic acids is 1. The molecule has 0 aromatic heterocycles. The lowest BCUT2D eigenvalue weighted by Crippen LogP contribution is -1.99. The second-order valence-corrected chi connectivity index (χ2v) is 5.97. The van der Waals surface area contributed by atoms with Crippen molar-refractivity contribution in [3.63, 3.8) is 0 Å². The molecule has 7 heteroatoms. The lowest BCUT2D eigenvalue weighted by molar-refractivity contribution is -0.428. The number of nitrogens with zero attached hydrogens (tertiary/aromatic N) is 2. The van der Waals surface area contributed by atoms with E-state index in [0.717, 1.165) is 32.1 Å².